The second kappa shape index (κ2) is 4.76. The maximum absolute atomic E-state index is 13.4. The van der Waals surface area contributed by atoms with Crippen LogP contribution in [0.2, 0.25) is 0 Å². The van der Waals surface area contributed by atoms with Crippen LogP contribution in [0.15, 0.2) is 36.4 Å². The molecule has 0 amide bonds. The molecule has 0 saturated heterocycles. The van der Waals surface area contributed by atoms with Crippen LogP contribution in [0.5, 0.6) is 5.75 Å². The summed E-state index contributed by atoms with van der Waals surface area (Å²) in [4.78, 5) is 0. The van der Waals surface area contributed by atoms with E-state index in [1.54, 1.807) is 25.3 Å². The van der Waals surface area contributed by atoms with E-state index in [9.17, 15) is 4.39 Å². The highest BCUT2D eigenvalue weighted by atomic mass is 19.1. The average Bonchev–Trinajstić information content (AvgIpc) is 2.39. The van der Waals surface area contributed by atoms with Crippen LogP contribution in [0.4, 0.5) is 10.1 Å². The van der Waals surface area contributed by atoms with Gasteiger partial charge >= 0.3 is 0 Å². The molecule has 2 N–H and O–H groups in total. The Hall–Kier alpha value is -2.54. The summed E-state index contributed by atoms with van der Waals surface area (Å²) in [6.45, 7) is 0. The molecule has 90 valence electrons. The van der Waals surface area contributed by atoms with E-state index < -0.39 is 5.82 Å². The van der Waals surface area contributed by atoms with Gasteiger partial charge in [0.15, 0.2) is 0 Å². The van der Waals surface area contributed by atoms with Crippen molar-refractivity contribution in [1.29, 1.82) is 5.26 Å². The third kappa shape index (κ3) is 2.11. The van der Waals surface area contributed by atoms with E-state index in [2.05, 4.69) is 0 Å². The molecule has 0 fully saturated rings. The third-order valence-corrected chi connectivity index (χ3v) is 2.64. The van der Waals surface area contributed by atoms with Crippen molar-refractivity contribution in [1.82, 2.24) is 0 Å². The van der Waals surface area contributed by atoms with Crippen molar-refractivity contribution in [2.24, 2.45) is 0 Å². The Bertz CT molecular complexity index is 632. The maximum atomic E-state index is 13.4. The van der Waals surface area contributed by atoms with E-state index in [0.29, 0.717) is 17.0 Å². The molecule has 0 aliphatic rings. The SMILES string of the molecule is COc1cccc(-c2cc(C#N)c(F)cc2N)c1. The van der Waals surface area contributed by atoms with Crippen LogP contribution in [0.3, 0.4) is 0 Å². The second-order valence-corrected chi connectivity index (χ2v) is 3.76. The first-order valence-electron chi connectivity index (χ1n) is 5.29. The Morgan fingerprint density at radius 2 is 2.06 bits per heavy atom. The van der Waals surface area contributed by atoms with Crippen LogP contribution >= 0.6 is 0 Å². The molecule has 2 rings (SSSR count). The first-order chi connectivity index (χ1) is 8.65. The van der Waals surface area contributed by atoms with Gasteiger partial charge in [-0.25, -0.2) is 4.39 Å². The van der Waals surface area contributed by atoms with Crippen molar-refractivity contribution in [2.45, 2.75) is 0 Å². The van der Waals surface area contributed by atoms with Crippen molar-refractivity contribution >= 4 is 5.69 Å². The van der Waals surface area contributed by atoms with Crippen LogP contribution in [0.25, 0.3) is 11.1 Å². The Morgan fingerprint density at radius 1 is 1.28 bits per heavy atom. The Kier molecular flexibility index (Phi) is 3.16. The number of nitrogen functional groups attached to an aromatic ring is 1. The fourth-order valence-corrected chi connectivity index (χ4v) is 1.71. The average molecular weight is 242 g/mol. The first-order valence-corrected chi connectivity index (χ1v) is 5.29. The lowest BCUT2D eigenvalue weighted by Crippen LogP contribution is -1.95. The van der Waals surface area contributed by atoms with Crippen molar-refractivity contribution < 1.29 is 9.13 Å². The summed E-state index contributed by atoms with van der Waals surface area (Å²) in [6, 6.07) is 11.6. The molecular weight excluding hydrogens is 231 g/mol. The van der Waals surface area contributed by atoms with Gasteiger partial charge < -0.3 is 10.5 Å². The smallest absolute Gasteiger partial charge is 0.143 e. The number of nitrogens with two attached hydrogens (primary N) is 1. The van der Waals surface area contributed by atoms with Crippen LogP contribution in [0.1, 0.15) is 5.56 Å². The van der Waals surface area contributed by atoms with E-state index in [4.69, 9.17) is 15.7 Å². The number of rotatable bonds is 2. The van der Waals surface area contributed by atoms with E-state index in [-0.39, 0.29) is 5.56 Å². The maximum Gasteiger partial charge on any atom is 0.143 e. The van der Waals surface area contributed by atoms with Gasteiger partial charge in [-0.3, -0.25) is 0 Å². The predicted molar refractivity (Wildman–Crippen MR) is 67.5 cm³/mol. The van der Waals surface area contributed by atoms with Gasteiger partial charge in [0.1, 0.15) is 17.6 Å². The number of hydrogen-bond donors (Lipinski definition) is 1. The summed E-state index contributed by atoms with van der Waals surface area (Å²) in [5, 5.41) is 8.83. The van der Waals surface area contributed by atoms with Crippen LogP contribution in [-0.4, -0.2) is 7.11 Å². The van der Waals surface area contributed by atoms with Crippen molar-refractivity contribution in [3.63, 3.8) is 0 Å². The number of hydrogen-bond acceptors (Lipinski definition) is 3. The van der Waals surface area contributed by atoms with Gasteiger partial charge in [-0.05, 0) is 29.8 Å². The van der Waals surface area contributed by atoms with E-state index in [0.717, 1.165) is 11.6 Å². The fraction of sp³-hybridized carbons (Fsp3) is 0.0714. The number of nitrogens with zero attached hydrogens (tertiary/aromatic N) is 1. The standard InChI is InChI=1S/C14H11FN2O/c1-18-11-4-2-3-9(5-11)12-6-10(8-16)13(15)7-14(12)17/h2-7H,17H2,1H3. The quantitative estimate of drug-likeness (QED) is 0.823. The lowest BCUT2D eigenvalue weighted by molar-refractivity contribution is 0.415. The largest absolute Gasteiger partial charge is 0.497 e. The van der Waals surface area contributed by atoms with Crippen LogP contribution < -0.4 is 10.5 Å². The van der Waals surface area contributed by atoms with Gasteiger partial charge in [0.05, 0.1) is 12.7 Å². The summed E-state index contributed by atoms with van der Waals surface area (Å²) < 4.78 is 18.5. The topological polar surface area (TPSA) is 59.0 Å². The zero-order valence-electron chi connectivity index (χ0n) is 9.77. The number of benzene rings is 2. The molecule has 0 spiro atoms. The van der Waals surface area contributed by atoms with Crippen LogP contribution in [-0.2, 0) is 0 Å². The Labute approximate surface area is 104 Å². The predicted octanol–water partition coefficient (Wildman–Crippen LogP) is 2.96. The molecule has 18 heavy (non-hydrogen) atoms. The van der Waals surface area contributed by atoms with Crippen molar-refractivity contribution in [3.8, 4) is 22.9 Å². The molecule has 0 aliphatic carbocycles. The summed E-state index contributed by atoms with van der Waals surface area (Å²) >= 11 is 0. The number of ether oxygens (including phenoxy) is 1. The molecule has 0 bridgehead atoms. The molecular formula is C14H11FN2O. The number of methoxy groups -OCH3 is 1. The van der Waals surface area contributed by atoms with E-state index in [1.807, 2.05) is 12.1 Å². The third-order valence-electron chi connectivity index (χ3n) is 2.64. The molecule has 0 saturated carbocycles. The van der Waals surface area contributed by atoms with Gasteiger partial charge in [0.25, 0.3) is 0 Å². The van der Waals surface area contributed by atoms with Gasteiger partial charge in [0, 0.05) is 11.3 Å². The summed E-state index contributed by atoms with van der Waals surface area (Å²) in [6.07, 6.45) is 0. The van der Waals surface area contributed by atoms with E-state index >= 15 is 0 Å². The van der Waals surface area contributed by atoms with Crippen molar-refractivity contribution in [2.75, 3.05) is 12.8 Å². The van der Waals surface area contributed by atoms with Gasteiger partial charge in [-0.15, -0.1) is 0 Å². The molecule has 3 nitrogen and oxygen atoms in total. The minimum absolute atomic E-state index is 0.0259. The van der Waals surface area contributed by atoms with Crippen LogP contribution in [0, 0.1) is 17.1 Å². The Morgan fingerprint density at radius 3 is 2.72 bits per heavy atom. The van der Waals surface area contributed by atoms with E-state index in [1.165, 1.54) is 6.07 Å². The first kappa shape index (κ1) is 11.9. The van der Waals surface area contributed by atoms with Gasteiger partial charge in [0.2, 0.25) is 0 Å². The lowest BCUT2D eigenvalue weighted by atomic mass is 10.0. The lowest BCUT2D eigenvalue weighted by Gasteiger charge is -2.08. The van der Waals surface area contributed by atoms with Gasteiger partial charge in [-0.2, -0.15) is 5.26 Å². The zero-order chi connectivity index (χ0) is 13.1. The molecule has 0 aliphatic heterocycles. The molecule has 2 aromatic rings. The number of halogens is 1. The highest BCUT2D eigenvalue weighted by Gasteiger charge is 2.09. The highest BCUT2D eigenvalue weighted by Crippen LogP contribution is 2.30. The molecule has 0 heterocycles. The van der Waals surface area contributed by atoms with Crippen molar-refractivity contribution in [3.05, 3.63) is 47.8 Å². The molecule has 4 heteroatoms. The fourth-order valence-electron chi connectivity index (χ4n) is 1.71. The molecule has 0 unspecified atom stereocenters. The zero-order valence-corrected chi connectivity index (χ0v) is 9.77. The molecule has 0 atom stereocenters. The minimum Gasteiger partial charge on any atom is -0.497 e. The summed E-state index contributed by atoms with van der Waals surface area (Å²) in [7, 11) is 1.56. The molecule has 2 aromatic carbocycles. The monoisotopic (exact) mass is 242 g/mol. The summed E-state index contributed by atoms with van der Waals surface area (Å²) in [5.74, 6) is 0.0661. The number of nitriles is 1. The molecule has 0 aromatic heterocycles. The second-order valence-electron chi connectivity index (χ2n) is 3.76. The molecule has 0 radical (unpaired) electrons. The van der Waals surface area contributed by atoms with Gasteiger partial charge in [-0.1, -0.05) is 12.1 Å². The summed E-state index contributed by atoms with van der Waals surface area (Å²) in [5.41, 5.74) is 7.44. The minimum atomic E-state index is -0.610. The number of anilines is 1. The normalized spacial score (nSPS) is 9.83. The highest BCUT2D eigenvalue weighted by molar-refractivity contribution is 5.78. The Balaban J connectivity index is 2.60.